The van der Waals surface area contributed by atoms with E-state index in [1.807, 2.05) is 46.2 Å². The minimum Gasteiger partial charge on any atom is -0.454 e. The van der Waals surface area contributed by atoms with Crippen molar-refractivity contribution in [2.75, 3.05) is 39.8 Å². The van der Waals surface area contributed by atoms with Crippen molar-refractivity contribution in [1.82, 2.24) is 9.80 Å². The maximum atomic E-state index is 14.1. The van der Waals surface area contributed by atoms with Crippen molar-refractivity contribution in [3.63, 3.8) is 0 Å². The molecule has 8 nitrogen and oxygen atoms in total. The van der Waals surface area contributed by atoms with Crippen LogP contribution in [0, 0.1) is 23.7 Å². The van der Waals surface area contributed by atoms with Crippen LogP contribution in [0.25, 0.3) is 12.2 Å². The van der Waals surface area contributed by atoms with E-state index in [2.05, 4.69) is 24.3 Å². The number of amides is 2. The SMILES string of the molecule is O=C(C1C(/C=C/c2ccc3c(c2)OCO3)C(/C=C/c2ccc3c(c2)OCO3)C1C(=O)N1CCCC1)N1CCCCC1. The van der Waals surface area contributed by atoms with Crippen molar-refractivity contribution >= 4 is 24.0 Å². The van der Waals surface area contributed by atoms with E-state index >= 15 is 0 Å². The van der Waals surface area contributed by atoms with Gasteiger partial charge < -0.3 is 28.7 Å². The Hall–Kier alpha value is -3.94. The van der Waals surface area contributed by atoms with Crippen LogP contribution in [-0.4, -0.2) is 61.4 Å². The van der Waals surface area contributed by atoms with E-state index in [1.165, 1.54) is 0 Å². The first-order chi connectivity index (χ1) is 20.2. The van der Waals surface area contributed by atoms with E-state index < -0.39 is 0 Å². The molecule has 7 rings (SSSR count). The lowest BCUT2D eigenvalue weighted by Crippen LogP contribution is -2.59. The normalized spacial score (nSPS) is 26.6. The number of allylic oxidation sites excluding steroid dienone is 2. The third-order valence-electron chi connectivity index (χ3n) is 9.13. The summed E-state index contributed by atoms with van der Waals surface area (Å²) in [6.07, 6.45) is 13.6. The first-order valence-corrected chi connectivity index (χ1v) is 14.9. The Balaban J connectivity index is 1.22. The molecule has 2 saturated heterocycles. The van der Waals surface area contributed by atoms with Crippen molar-refractivity contribution in [3.05, 3.63) is 59.7 Å². The lowest BCUT2D eigenvalue weighted by atomic mass is 9.55. The van der Waals surface area contributed by atoms with Crippen molar-refractivity contribution in [1.29, 1.82) is 0 Å². The molecule has 0 bridgehead atoms. The average Bonchev–Trinajstić information content (AvgIpc) is 3.78. The maximum Gasteiger partial charge on any atom is 0.231 e. The van der Waals surface area contributed by atoms with Crippen molar-refractivity contribution in [2.45, 2.75) is 32.1 Å². The Morgan fingerprint density at radius 1 is 0.585 bits per heavy atom. The van der Waals surface area contributed by atoms with E-state index in [-0.39, 0.29) is 49.1 Å². The van der Waals surface area contributed by atoms with E-state index in [0.717, 1.165) is 92.4 Å². The summed E-state index contributed by atoms with van der Waals surface area (Å²) in [5, 5.41) is 0. The summed E-state index contributed by atoms with van der Waals surface area (Å²) in [5.74, 6) is 2.22. The van der Waals surface area contributed by atoms with E-state index in [9.17, 15) is 9.59 Å². The van der Waals surface area contributed by atoms with Crippen LogP contribution in [0.5, 0.6) is 23.0 Å². The largest absolute Gasteiger partial charge is 0.454 e. The van der Waals surface area contributed by atoms with E-state index in [1.54, 1.807) is 0 Å². The molecule has 1 aliphatic carbocycles. The molecule has 4 atom stereocenters. The van der Waals surface area contributed by atoms with Gasteiger partial charge in [0.25, 0.3) is 0 Å². The molecule has 0 aromatic heterocycles. The molecule has 1 saturated carbocycles. The second-order valence-electron chi connectivity index (χ2n) is 11.6. The Bertz CT molecular complexity index is 1370. The number of hydrogen-bond donors (Lipinski definition) is 0. The predicted molar refractivity (Wildman–Crippen MR) is 153 cm³/mol. The van der Waals surface area contributed by atoms with Gasteiger partial charge in [-0.15, -0.1) is 0 Å². The molecule has 3 fully saturated rings. The van der Waals surface area contributed by atoms with Crippen molar-refractivity contribution < 1.29 is 28.5 Å². The maximum absolute atomic E-state index is 14.1. The second-order valence-corrected chi connectivity index (χ2v) is 11.6. The number of likely N-dealkylation sites (tertiary alicyclic amines) is 2. The second kappa shape index (κ2) is 11.1. The zero-order valence-corrected chi connectivity index (χ0v) is 23.2. The number of nitrogens with zero attached hydrogens (tertiary/aromatic N) is 2. The van der Waals surface area contributed by atoms with Gasteiger partial charge >= 0.3 is 0 Å². The predicted octanol–water partition coefficient (Wildman–Crippen LogP) is 4.98. The van der Waals surface area contributed by atoms with Crippen LogP contribution >= 0.6 is 0 Å². The third-order valence-corrected chi connectivity index (χ3v) is 9.13. The summed E-state index contributed by atoms with van der Waals surface area (Å²) in [6, 6.07) is 11.7. The van der Waals surface area contributed by atoms with Gasteiger partial charge in [-0.3, -0.25) is 9.59 Å². The zero-order valence-electron chi connectivity index (χ0n) is 23.2. The van der Waals surface area contributed by atoms with Crippen LogP contribution in [0.3, 0.4) is 0 Å². The number of piperidine rings is 1. The highest BCUT2D eigenvalue weighted by Crippen LogP contribution is 2.51. The molecule has 4 aliphatic heterocycles. The number of fused-ring (bicyclic) bond motifs is 2. The van der Waals surface area contributed by atoms with Crippen molar-refractivity contribution in [3.8, 4) is 23.0 Å². The van der Waals surface area contributed by atoms with Crippen LogP contribution in [0.1, 0.15) is 43.2 Å². The lowest BCUT2D eigenvalue weighted by Gasteiger charge is -2.50. The standard InChI is InChI=1S/C33H36N2O6/c36-32(34-14-2-1-3-15-34)30-24(10-6-22-8-12-26-28(18-22)40-20-38-26)25(31(30)33(37)35-16-4-5-17-35)11-7-23-9-13-27-29(19-23)41-21-39-27/h6-13,18-19,24-25,30-31H,1-5,14-17,20-21H2/b10-6+,11-7+. The molecule has 2 aromatic rings. The summed E-state index contributed by atoms with van der Waals surface area (Å²) in [6.45, 7) is 3.55. The molecule has 0 N–H and O–H groups in total. The third kappa shape index (κ3) is 5.04. The first kappa shape index (κ1) is 26.0. The molecular formula is C33H36N2O6. The van der Waals surface area contributed by atoms with Gasteiger partial charge in [0.15, 0.2) is 23.0 Å². The molecule has 4 heterocycles. The molecule has 2 aromatic carbocycles. The van der Waals surface area contributed by atoms with Crippen molar-refractivity contribution in [2.24, 2.45) is 23.7 Å². The Labute approximate surface area is 240 Å². The Kier molecular flexibility index (Phi) is 7.07. The zero-order chi connectivity index (χ0) is 27.8. The molecule has 41 heavy (non-hydrogen) atoms. The highest BCUT2D eigenvalue weighted by molar-refractivity contribution is 5.91. The van der Waals surface area contributed by atoms with Gasteiger partial charge in [0.2, 0.25) is 25.4 Å². The Morgan fingerprint density at radius 2 is 1.00 bits per heavy atom. The van der Waals surface area contributed by atoms with Gasteiger partial charge in [-0.25, -0.2) is 0 Å². The molecule has 4 unspecified atom stereocenters. The molecule has 2 amide bonds. The van der Waals surface area contributed by atoms with Gasteiger partial charge in [-0.2, -0.15) is 0 Å². The number of ether oxygens (including phenoxy) is 4. The van der Waals surface area contributed by atoms with Crippen LogP contribution in [0.2, 0.25) is 0 Å². The summed E-state index contributed by atoms with van der Waals surface area (Å²) in [4.78, 5) is 32.0. The fourth-order valence-corrected chi connectivity index (χ4v) is 6.90. The average molecular weight is 557 g/mol. The number of carbonyl (C=O) groups excluding carboxylic acids is 2. The number of rotatable bonds is 6. The monoisotopic (exact) mass is 556 g/mol. The molecule has 0 spiro atoms. The molecule has 214 valence electrons. The topological polar surface area (TPSA) is 77.5 Å². The number of benzene rings is 2. The minimum absolute atomic E-state index is 0.0995. The highest BCUT2D eigenvalue weighted by Gasteiger charge is 2.57. The fraction of sp³-hybridized carbons (Fsp3) is 0.455. The molecular weight excluding hydrogens is 520 g/mol. The van der Waals surface area contributed by atoms with Gasteiger partial charge in [-0.05, 0) is 79.3 Å². The quantitative estimate of drug-likeness (QED) is 0.499. The lowest BCUT2D eigenvalue weighted by molar-refractivity contribution is -0.160. The number of hydrogen-bond acceptors (Lipinski definition) is 6. The van der Waals surface area contributed by atoms with Crippen LogP contribution in [0.15, 0.2) is 48.6 Å². The smallest absolute Gasteiger partial charge is 0.231 e. The summed E-state index contributed by atoms with van der Waals surface area (Å²) in [7, 11) is 0. The van der Waals surface area contributed by atoms with Gasteiger partial charge in [-0.1, -0.05) is 36.4 Å². The van der Waals surface area contributed by atoms with E-state index in [0.29, 0.717) is 0 Å². The fourth-order valence-electron chi connectivity index (χ4n) is 6.90. The Morgan fingerprint density at radius 3 is 1.46 bits per heavy atom. The molecule has 8 heteroatoms. The minimum atomic E-state index is -0.377. The summed E-state index contributed by atoms with van der Waals surface area (Å²) < 4.78 is 22.1. The van der Waals surface area contributed by atoms with Gasteiger partial charge in [0, 0.05) is 26.2 Å². The van der Waals surface area contributed by atoms with Crippen LogP contribution in [0.4, 0.5) is 0 Å². The summed E-state index contributed by atoms with van der Waals surface area (Å²) >= 11 is 0. The van der Waals surface area contributed by atoms with E-state index in [4.69, 9.17) is 18.9 Å². The van der Waals surface area contributed by atoms with Crippen LogP contribution < -0.4 is 18.9 Å². The summed E-state index contributed by atoms with van der Waals surface area (Å²) in [5.41, 5.74) is 1.96. The van der Waals surface area contributed by atoms with Crippen LogP contribution in [-0.2, 0) is 9.59 Å². The highest BCUT2D eigenvalue weighted by atomic mass is 16.7. The first-order valence-electron chi connectivity index (χ1n) is 14.9. The molecule has 0 radical (unpaired) electrons. The van der Waals surface area contributed by atoms with Gasteiger partial charge in [0.05, 0.1) is 11.8 Å². The molecule has 5 aliphatic rings. The van der Waals surface area contributed by atoms with Gasteiger partial charge in [0.1, 0.15) is 0 Å². The number of carbonyl (C=O) groups is 2.